The van der Waals surface area contributed by atoms with E-state index in [0.29, 0.717) is 23.7 Å². The highest BCUT2D eigenvalue weighted by Gasteiger charge is 2.16. The first kappa shape index (κ1) is 25.2. The molecule has 2 aromatic carbocycles. The molecule has 0 saturated heterocycles. The zero-order chi connectivity index (χ0) is 24.2. The highest BCUT2D eigenvalue weighted by Crippen LogP contribution is 2.31. The number of anilines is 1. The molecule has 174 valence electrons. The quantitative estimate of drug-likeness (QED) is 0.156. The molecule has 1 N–H and O–H groups in total. The number of nitrogens with one attached hydrogen (secondary N) is 1. The van der Waals surface area contributed by atoms with Crippen molar-refractivity contribution in [1.29, 1.82) is 5.26 Å². The van der Waals surface area contributed by atoms with Gasteiger partial charge in [-0.05, 0) is 36.3 Å². The lowest BCUT2D eigenvalue weighted by atomic mass is 10.1. The molecule has 9 nitrogen and oxygen atoms in total. The van der Waals surface area contributed by atoms with Gasteiger partial charge < -0.3 is 19.5 Å². The number of methoxy groups -OCH3 is 2. The van der Waals surface area contributed by atoms with Crippen LogP contribution in [0.2, 0.25) is 0 Å². The molecule has 0 heterocycles. The van der Waals surface area contributed by atoms with E-state index >= 15 is 0 Å². The molecule has 0 atom stereocenters. The standard InChI is InChI=1S/C24H27N3O6/c1-4-5-6-7-12-33-22-10-8-17(14-23(22)32-3)13-18(16-25)24(28)26-20-15-19(27(29)30)9-11-21(20)31-2/h8-11,13-15H,4-7,12H2,1-3H3,(H,26,28)/b18-13+. The molecule has 0 radical (unpaired) electrons. The van der Waals surface area contributed by atoms with Gasteiger partial charge in [0.25, 0.3) is 11.6 Å². The fourth-order valence-electron chi connectivity index (χ4n) is 3.02. The summed E-state index contributed by atoms with van der Waals surface area (Å²) >= 11 is 0. The molecule has 0 unspecified atom stereocenters. The lowest BCUT2D eigenvalue weighted by Crippen LogP contribution is -2.14. The number of nitro benzene ring substituents is 1. The van der Waals surface area contributed by atoms with Gasteiger partial charge in [-0.1, -0.05) is 32.3 Å². The predicted octanol–water partition coefficient (Wildman–Crippen LogP) is 5.12. The minimum Gasteiger partial charge on any atom is -0.495 e. The van der Waals surface area contributed by atoms with Gasteiger partial charge in [-0.2, -0.15) is 5.26 Å². The maximum Gasteiger partial charge on any atom is 0.271 e. The van der Waals surface area contributed by atoms with Crippen LogP contribution in [-0.2, 0) is 4.79 Å². The molecule has 2 aromatic rings. The highest BCUT2D eigenvalue weighted by molar-refractivity contribution is 6.10. The molecule has 0 bridgehead atoms. The van der Waals surface area contributed by atoms with Gasteiger partial charge in [-0.15, -0.1) is 0 Å². The molecule has 33 heavy (non-hydrogen) atoms. The number of rotatable bonds is 12. The number of carbonyl (C=O) groups is 1. The van der Waals surface area contributed by atoms with Gasteiger partial charge in [0.15, 0.2) is 11.5 Å². The Morgan fingerprint density at radius 3 is 2.45 bits per heavy atom. The van der Waals surface area contributed by atoms with Crippen molar-refractivity contribution in [3.63, 3.8) is 0 Å². The predicted molar refractivity (Wildman–Crippen MR) is 124 cm³/mol. The Morgan fingerprint density at radius 1 is 1.09 bits per heavy atom. The smallest absolute Gasteiger partial charge is 0.271 e. The second kappa shape index (κ2) is 12.7. The van der Waals surface area contributed by atoms with Crippen molar-refractivity contribution in [3.8, 4) is 23.3 Å². The van der Waals surface area contributed by atoms with E-state index in [-0.39, 0.29) is 22.7 Å². The highest BCUT2D eigenvalue weighted by atomic mass is 16.6. The Labute approximate surface area is 192 Å². The molecule has 0 aliphatic carbocycles. The maximum atomic E-state index is 12.7. The van der Waals surface area contributed by atoms with Gasteiger partial charge in [-0.3, -0.25) is 14.9 Å². The summed E-state index contributed by atoms with van der Waals surface area (Å²) in [6, 6.07) is 10.8. The van der Waals surface area contributed by atoms with Gasteiger partial charge in [-0.25, -0.2) is 0 Å². The number of nitriles is 1. The lowest BCUT2D eigenvalue weighted by Gasteiger charge is -2.12. The molecule has 9 heteroatoms. The average molecular weight is 453 g/mol. The van der Waals surface area contributed by atoms with Crippen LogP contribution in [0.1, 0.15) is 38.2 Å². The van der Waals surface area contributed by atoms with Gasteiger partial charge >= 0.3 is 0 Å². The number of nitro groups is 1. The molecule has 0 spiro atoms. The van der Waals surface area contributed by atoms with Crippen LogP contribution in [0.4, 0.5) is 11.4 Å². The van der Waals surface area contributed by atoms with Crippen molar-refractivity contribution in [2.45, 2.75) is 32.6 Å². The number of carbonyl (C=O) groups excluding carboxylic acids is 1. The first-order chi connectivity index (χ1) is 15.9. The van der Waals surface area contributed by atoms with Gasteiger partial charge in [0, 0.05) is 12.1 Å². The van der Waals surface area contributed by atoms with Crippen LogP contribution in [0.15, 0.2) is 42.0 Å². The van der Waals surface area contributed by atoms with Crippen molar-refractivity contribution < 1.29 is 23.9 Å². The number of non-ortho nitro benzene ring substituents is 1. The number of benzene rings is 2. The summed E-state index contributed by atoms with van der Waals surface area (Å²) in [6.45, 7) is 2.72. The zero-order valence-electron chi connectivity index (χ0n) is 18.9. The third-order valence-electron chi connectivity index (χ3n) is 4.76. The van der Waals surface area contributed by atoms with E-state index < -0.39 is 10.8 Å². The fraction of sp³-hybridized carbons (Fsp3) is 0.333. The first-order valence-electron chi connectivity index (χ1n) is 10.5. The molecule has 0 aliphatic rings. The molecule has 2 rings (SSSR count). The topological polar surface area (TPSA) is 124 Å². The van der Waals surface area contributed by atoms with Crippen molar-refractivity contribution in [3.05, 3.63) is 57.6 Å². The summed E-state index contributed by atoms with van der Waals surface area (Å²) in [5.74, 6) is 0.563. The van der Waals surface area contributed by atoms with Crippen molar-refractivity contribution in [2.24, 2.45) is 0 Å². The van der Waals surface area contributed by atoms with Gasteiger partial charge in [0.05, 0.1) is 31.4 Å². The van der Waals surface area contributed by atoms with Gasteiger partial charge in [0.2, 0.25) is 0 Å². The SMILES string of the molecule is CCCCCCOc1ccc(/C=C(\C#N)C(=O)Nc2cc([N+](=O)[O-])ccc2OC)cc1OC. The van der Waals surface area contributed by atoms with E-state index in [1.807, 2.05) is 6.07 Å². The molecule has 0 aliphatic heterocycles. The Balaban J connectivity index is 2.19. The van der Waals surface area contributed by atoms with Crippen LogP contribution >= 0.6 is 0 Å². The normalized spacial score (nSPS) is 10.8. The summed E-state index contributed by atoms with van der Waals surface area (Å²) in [5.41, 5.74) is 0.229. The molecule has 0 fully saturated rings. The third-order valence-corrected chi connectivity index (χ3v) is 4.76. The van der Waals surface area contributed by atoms with Crippen molar-refractivity contribution in [1.82, 2.24) is 0 Å². The van der Waals surface area contributed by atoms with Crippen LogP contribution in [0.5, 0.6) is 17.2 Å². The van der Waals surface area contributed by atoms with Crippen LogP contribution in [0.3, 0.4) is 0 Å². The number of unbranched alkanes of at least 4 members (excludes halogenated alkanes) is 3. The number of ether oxygens (including phenoxy) is 3. The van der Waals surface area contributed by atoms with E-state index in [4.69, 9.17) is 14.2 Å². The van der Waals surface area contributed by atoms with Crippen molar-refractivity contribution in [2.75, 3.05) is 26.1 Å². The number of hydrogen-bond donors (Lipinski definition) is 1. The monoisotopic (exact) mass is 453 g/mol. The second-order valence-corrected chi connectivity index (χ2v) is 7.09. The molecule has 0 saturated carbocycles. The van der Waals surface area contributed by atoms with Crippen LogP contribution < -0.4 is 19.5 Å². The maximum absolute atomic E-state index is 12.7. The fourth-order valence-corrected chi connectivity index (χ4v) is 3.02. The van der Waals surface area contributed by atoms with E-state index in [9.17, 15) is 20.2 Å². The molecule has 1 amide bonds. The summed E-state index contributed by atoms with van der Waals surface area (Å²) in [7, 11) is 2.89. The summed E-state index contributed by atoms with van der Waals surface area (Å²) in [5, 5.41) is 23.0. The summed E-state index contributed by atoms with van der Waals surface area (Å²) in [6.07, 6.45) is 5.74. The lowest BCUT2D eigenvalue weighted by molar-refractivity contribution is -0.384. The van der Waals surface area contributed by atoms with Crippen LogP contribution in [-0.4, -0.2) is 31.7 Å². The Kier molecular flexibility index (Phi) is 9.71. The largest absolute Gasteiger partial charge is 0.495 e. The third kappa shape index (κ3) is 7.25. The number of hydrogen-bond acceptors (Lipinski definition) is 7. The summed E-state index contributed by atoms with van der Waals surface area (Å²) < 4.78 is 16.3. The number of nitrogens with zero attached hydrogens (tertiary/aromatic N) is 2. The molecule has 0 aromatic heterocycles. The molecular weight excluding hydrogens is 426 g/mol. The Hall–Kier alpha value is -4.06. The minimum absolute atomic E-state index is 0.0854. The Bertz CT molecular complexity index is 1060. The van der Waals surface area contributed by atoms with Crippen LogP contribution in [0, 0.1) is 21.4 Å². The molecular formula is C24H27N3O6. The van der Waals surface area contributed by atoms with E-state index in [1.54, 1.807) is 18.2 Å². The van der Waals surface area contributed by atoms with Gasteiger partial charge in [0.1, 0.15) is 17.4 Å². The Morgan fingerprint density at radius 2 is 1.82 bits per heavy atom. The van der Waals surface area contributed by atoms with E-state index in [1.165, 1.54) is 38.5 Å². The minimum atomic E-state index is -0.730. The first-order valence-corrected chi connectivity index (χ1v) is 10.5. The second-order valence-electron chi connectivity index (χ2n) is 7.09. The number of amides is 1. The van der Waals surface area contributed by atoms with Crippen molar-refractivity contribution >= 4 is 23.4 Å². The van der Waals surface area contributed by atoms with E-state index in [0.717, 1.165) is 25.7 Å². The summed E-state index contributed by atoms with van der Waals surface area (Å²) in [4.78, 5) is 23.1. The average Bonchev–Trinajstić information content (AvgIpc) is 2.82. The zero-order valence-corrected chi connectivity index (χ0v) is 18.9. The van der Waals surface area contributed by atoms with E-state index in [2.05, 4.69) is 12.2 Å². The van der Waals surface area contributed by atoms with Crippen LogP contribution in [0.25, 0.3) is 6.08 Å².